The highest BCUT2D eigenvalue weighted by molar-refractivity contribution is 5.74. The molecule has 92 valence electrons. The minimum Gasteiger partial charge on any atom is -0.384 e. The van der Waals surface area contributed by atoms with E-state index in [4.69, 9.17) is 11.5 Å². The number of rotatable bonds is 3. The number of nitrogens with two attached hydrogens (primary N) is 2. The molecule has 17 heavy (non-hydrogen) atoms. The zero-order valence-corrected chi connectivity index (χ0v) is 9.80. The van der Waals surface area contributed by atoms with Gasteiger partial charge in [0.25, 0.3) is 0 Å². The Hall–Kier alpha value is -1.78. The summed E-state index contributed by atoms with van der Waals surface area (Å²) in [5, 5.41) is 0. The zero-order chi connectivity index (χ0) is 12.3. The monoisotopic (exact) mass is 234 g/mol. The molecule has 1 fully saturated rings. The van der Waals surface area contributed by atoms with Crippen LogP contribution in [-0.4, -0.2) is 24.0 Å². The van der Waals surface area contributed by atoms with E-state index in [2.05, 4.69) is 9.88 Å². The van der Waals surface area contributed by atoms with E-state index in [1.165, 1.54) is 0 Å². The Balaban J connectivity index is 1.93. The molecule has 5 nitrogen and oxygen atoms in total. The van der Waals surface area contributed by atoms with Crippen LogP contribution in [0.1, 0.15) is 19.3 Å². The van der Waals surface area contributed by atoms with E-state index in [1.807, 2.05) is 12.1 Å². The van der Waals surface area contributed by atoms with E-state index in [1.54, 1.807) is 6.20 Å². The van der Waals surface area contributed by atoms with Gasteiger partial charge >= 0.3 is 0 Å². The first-order valence-corrected chi connectivity index (χ1v) is 5.90. The maximum absolute atomic E-state index is 10.8. The molecule has 1 aromatic rings. The van der Waals surface area contributed by atoms with Gasteiger partial charge in [-0.3, -0.25) is 4.79 Å². The van der Waals surface area contributed by atoms with Crippen LogP contribution in [0.25, 0.3) is 0 Å². The maximum atomic E-state index is 10.8. The highest BCUT2D eigenvalue weighted by Crippen LogP contribution is 2.25. The zero-order valence-electron chi connectivity index (χ0n) is 9.80. The van der Waals surface area contributed by atoms with Crippen molar-refractivity contribution < 1.29 is 4.79 Å². The number of pyridine rings is 1. The van der Waals surface area contributed by atoms with E-state index < -0.39 is 0 Å². The summed E-state index contributed by atoms with van der Waals surface area (Å²) in [6.07, 6.45) is 4.24. The number of hydrogen-bond acceptors (Lipinski definition) is 4. The van der Waals surface area contributed by atoms with Crippen LogP contribution in [0.2, 0.25) is 0 Å². The summed E-state index contributed by atoms with van der Waals surface area (Å²) in [5.41, 5.74) is 12.0. The van der Waals surface area contributed by atoms with Gasteiger partial charge in [0.05, 0.1) is 0 Å². The third kappa shape index (κ3) is 3.09. The van der Waals surface area contributed by atoms with Gasteiger partial charge in [0, 0.05) is 37.5 Å². The first kappa shape index (κ1) is 11.7. The van der Waals surface area contributed by atoms with Crippen molar-refractivity contribution in [2.45, 2.75) is 19.3 Å². The van der Waals surface area contributed by atoms with Gasteiger partial charge < -0.3 is 16.4 Å². The fourth-order valence-corrected chi connectivity index (χ4v) is 2.31. The molecule has 2 rings (SSSR count). The Labute approximate surface area is 101 Å². The summed E-state index contributed by atoms with van der Waals surface area (Å²) in [4.78, 5) is 17.1. The number of nitrogen functional groups attached to an aromatic ring is 1. The van der Waals surface area contributed by atoms with E-state index >= 15 is 0 Å². The number of amides is 1. The van der Waals surface area contributed by atoms with Crippen molar-refractivity contribution in [1.82, 2.24) is 4.98 Å². The second-order valence-corrected chi connectivity index (χ2v) is 4.54. The molecule has 0 aromatic carbocycles. The van der Waals surface area contributed by atoms with Crippen molar-refractivity contribution >= 4 is 17.4 Å². The molecule has 1 aromatic heterocycles. The van der Waals surface area contributed by atoms with E-state index in [0.29, 0.717) is 18.2 Å². The largest absolute Gasteiger partial charge is 0.384 e. The summed E-state index contributed by atoms with van der Waals surface area (Å²) < 4.78 is 0. The van der Waals surface area contributed by atoms with Crippen LogP contribution in [0, 0.1) is 5.92 Å². The van der Waals surface area contributed by atoms with Crippen LogP contribution in [0.3, 0.4) is 0 Å². The Kier molecular flexibility index (Phi) is 3.46. The molecule has 1 aliphatic heterocycles. The van der Waals surface area contributed by atoms with Gasteiger partial charge in [0.15, 0.2) is 0 Å². The fraction of sp³-hybridized carbons (Fsp3) is 0.500. The Morgan fingerprint density at radius 2 is 2.18 bits per heavy atom. The van der Waals surface area contributed by atoms with Crippen LogP contribution < -0.4 is 16.4 Å². The number of anilines is 2. The third-order valence-electron chi connectivity index (χ3n) is 3.23. The van der Waals surface area contributed by atoms with Gasteiger partial charge in [-0.15, -0.1) is 0 Å². The SMILES string of the molecule is NC(=O)CC1CCN(c2ccnc(N)c2)CC1. The first-order chi connectivity index (χ1) is 8.15. The molecule has 0 atom stereocenters. The quantitative estimate of drug-likeness (QED) is 0.808. The van der Waals surface area contributed by atoms with Crippen LogP contribution >= 0.6 is 0 Å². The van der Waals surface area contributed by atoms with Gasteiger partial charge in [-0.2, -0.15) is 0 Å². The van der Waals surface area contributed by atoms with Crippen LogP contribution in [0.5, 0.6) is 0 Å². The standard InChI is InChI=1S/C12H18N4O/c13-11-8-10(1-4-15-11)16-5-2-9(3-6-16)7-12(14)17/h1,4,8-9H,2-3,5-7H2,(H2,13,15)(H2,14,17). The Morgan fingerprint density at radius 3 is 2.76 bits per heavy atom. The number of primary amides is 1. The van der Waals surface area contributed by atoms with Crippen molar-refractivity contribution in [2.75, 3.05) is 23.7 Å². The molecule has 0 radical (unpaired) electrons. The number of nitrogens with zero attached hydrogens (tertiary/aromatic N) is 2. The molecule has 0 spiro atoms. The predicted molar refractivity (Wildman–Crippen MR) is 67.4 cm³/mol. The van der Waals surface area contributed by atoms with Gasteiger partial charge in [-0.1, -0.05) is 0 Å². The van der Waals surface area contributed by atoms with Gasteiger partial charge in [-0.05, 0) is 24.8 Å². The molecule has 4 N–H and O–H groups in total. The molecular formula is C12H18N4O. The topological polar surface area (TPSA) is 85.2 Å². The van der Waals surface area contributed by atoms with E-state index in [0.717, 1.165) is 31.6 Å². The second-order valence-electron chi connectivity index (χ2n) is 4.54. The predicted octanol–water partition coefficient (Wildman–Crippen LogP) is 0.756. The van der Waals surface area contributed by atoms with E-state index in [-0.39, 0.29) is 5.91 Å². The van der Waals surface area contributed by atoms with E-state index in [9.17, 15) is 4.79 Å². The molecule has 2 heterocycles. The minimum atomic E-state index is -0.198. The highest BCUT2D eigenvalue weighted by Gasteiger charge is 2.20. The number of aromatic nitrogens is 1. The van der Waals surface area contributed by atoms with Crippen LogP contribution in [0.15, 0.2) is 18.3 Å². The minimum absolute atomic E-state index is 0.198. The van der Waals surface area contributed by atoms with Gasteiger partial charge in [0.1, 0.15) is 5.82 Å². The molecule has 1 amide bonds. The van der Waals surface area contributed by atoms with Crippen LogP contribution in [0.4, 0.5) is 11.5 Å². The molecule has 1 aliphatic rings. The lowest BCUT2D eigenvalue weighted by Gasteiger charge is -2.33. The van der Waals surface area contributed by atoms with Crippen LogP contribution in [-0.2, 0) is 4.79 Å². The average Bonchev–Trinajstić information content (AvgIpc) is 2.29. The molecule has 0 bridgehead atoms. The van der Waals surface area contributed by atoms with Crippen molar-refractivity contribution in [2.24, 2.45) is 11.7 Å². The van der Waals surface area contributed by atoms with Gasteiger partial charge in [-0.25, -0.2) is 4.98 Å². The molecular weight excluding hydrogens is 216 g/mol. The molecule has 0 unspecified atom stereocenters. The average molecular weight is 234 g/mol. The summed E-state index contributed by atoms with van der Waals surface area (Å²) in [7, 11) is 0. The second kappa shape index (κ2) is 5.03. The Bertz CT molecular complexity index is 399. The molecule has 0 aliphatic carbocycles. The summed E-state index contributed by atoms with van der Waals surface area (Å²) >= 11 is 0. The summed E-state index contributed by atoms with van der Waals surface area (Å²) in [6, 6.07) is 3.85. The van der Waals surface area contributed by atoms with Crippen molar-refractivity contribution in [1.29, 1.82) is 0 Å². The number of carbonyl (C=O) groups excluding carboxylic acids is 1. The van der Waals surface area contributed by atoms with Gasteiger partial charge in [0.2, 0.25) is 5.91 Å². The number of piperidine rings is 1. The van der Waals surface area contributed by atoms with Crippen molar-refractivity contribution in [3.8, 4) is 0 Å². The lowest BCUT2D eigenvalue weighted by Crippen LogP contribution is -2.35. The summed E-state index contributed by atoms with van der Waals surface area (Å²) in [5.74, 6) is 0.779. The summed E-state index contributed by atoms with van der Waals surface area (Å²) in [6.45, 7) is 1.89. The molecule has 5 heteroatoms. The highest BCUT2D eigenvalue weighted by atomic mass is 16.1. The fourth-order valence-electron chi connectivity index (χ4n) is 2.31. The molecule has 0 saturated carbocycles. The van der Waals surface area contributed by atoms with Crippen molar-refractivity contribution in [3.63, 3.8) is 0 Å². The molecule has 1 saturated heterocycles. The Morgan fingerprint density at radius 1 is 1.47 bits per heavy atom. The smallest absolute Gasteiger partial charge is 0.217 e. The van der Waals surface area contributed by atoms with Crippen molar-refractivity contribution in [3.05, 3.63) is 18.3 Å². The third-order valence-corrected chi connectivity index (χ3v) is 3.23. The first-order valence-electron chi connectivity index (χ1n) is 5.90. The maximum Gasteiger partial charge on any atom is 0.217 e. The number of hydrogen-bond donors (Lipinski definition) is 2. The normalized spacial score (nSPS) is 17.1. The number of carbonyl (C=O) groups is 1. The lowest BCUT2D eigenvalue weighted by molar-refractivity contribution is -0.119. The lowest BCUT2D eigenvalue weighted by atomic mass is 9.93.